The lowest BCUT2D eigenvalue weighted by Gasteiger charge is -2.34. The van der Waals surface area contributed by atoms with Crippen LogP contribution in [0.25, 0.3) is 0 Å². The predicted molar refractivity (Wildman–Crippen MR) is 96.0 cm³/mol. The Morgan fingerprint density at radius 3 is 2.45 bits per heavy atom. The lowest BCUT2D eigenvalue weighted by Crippen LogP contribution is -2.47. The van der Waals surface area contributed by atoms with E-state index < -0.39 is 0 Å². The molecule has 1 unspecified atom stereocenters. The molecule has 118 valence electrons. The highest BCUT2D eigenvalue weighted by Gasteiger charge is 2.22. The molecule has 1 atom stereocenters. The van der Waals surface area contributed by atoms with Gasteiger partial charge in [0, 0.05) is 52.4 Å². The third-order valence-electron chi connectivity index (χ3n) is 3.93. The Morgan fingerprint density at radius 2 is 1.90 bits per heavy atom. The van der Waals surface area contributed by atoms with Crippen molar-refractivity contribution >= 4 is 29.9 Å². The molecule has 0 aromatic carbocycles. The van der Waals surface area contributed by atoms with Crippen molar-refractivity contribution in [3.05, 3.63) is 0 Å². The van der Waals surface area contributed by atoms with Gasteiger partial charge >= 0.3 is 0 Å². The first-order valence-electron chi connectivity index (χ1n) is 7.55. The minimum atomic E-state index is 0. The van der Waals surface area contributed by atoms with Crippen LogP contribution in [0.3, 0.4) is 0 Å². The second-order valence-corrected chi connectivity index (χ2v) is 6.08. The van der Waals surface area contributed by atoms with Gasteiger partial charge in [0.25, 0.3) is 0 Å². The summed E-state index contributed by atoms with van der Waals surface area (Å²) in [5.74, 6) is 1.62. The molecule has 1 aliphatic heterocycles. The summed E-state index contributed by atoms with van der Waals surface area (Å²) in [7, 11) is 4.05. The Morgan fingerprint density at radius 1 is 1.25 bits per heavy atom. The molecule has 0 bridgehead atoms. The summed E-state index contributed by atoms with van der Waals surface area (Å²) in [5.41, 5.74) is 0. The van der Waals surface area contributed by atoms with Crippen molar-refractivity contribution in [3.8, 4) is 0 Å². The molecular formula is C14H30IN5. The number of halogens is 1. The van der Waals surface area contributed by atoms with Gasteiger partial charge in [0.05, 0.1) is 0 Å². The first-order valence-corrected chi connectivity index (χ1v) is 7.55. The summed E-state index contributed by atoms with van der Waals surface area (Å²) < 4.78 is 0. The van der Waals surface area contributed by atoms with Crippen LogP contribution in [0.4, 0.5) is 0 Å². The highest BCUT2D eigenvalue weighted by atomic mass is 127. The minimum absolute atomic E-state index is 0. The molecule has 1 saturated heterocycles. The Labute approximate surface area is 140 Å². The Kier molecular flexibility index (Phi) is 8.13. The van der Waals surface area contributed by atoms with E-state index in [0.717, 1.165) is 12.5 Å². The summed E-state index contributed by atoms with van der Waals surface area (Å²) in [5, 5.41) is 6.86. The maximum atomic E-state index is 4.27. The fourth-order valence-corrected chi connectivity index (χ4v) is 2.42. The molecule has 1 heterocycles. The molecule has 0 spiro atoms. The molecule has 2 fully saturated rings. The average Bonchev–Trinajstić information content (AvgIpc) is 3.21. The number of nitrogens with zero attached hydrogens (tertiary/aromatic N) is 3. The van der Waals surface area contributed by atoms with E-state index in [4.69, 9.17) is 0 Å². The maximum absolute atomic E-state index is 4.27. The summed E-state index contributed by atoms with van der Waals surface area (Å²) >= 11 is 0. The Bertz CT molecular complexity index is 298. The lowest BCUT2D eigenvalue weighted by molar-refractivity contribution is 0.139. The predicted octanol–water partition coefficient (Wildman–Crippen LogP) is 0.815. The van der Waals surface area contributed by atoms with Crippen LogP contribution in [0.5, 0.6) is 0 Å². The minimum Gasteiger partial charge on any atom is -0.356 e. The number of hydrogen-bond donors (Lipinski definition) is 2. The van der Waals surface area contributed by atoms with E-state index in [2.05, 4.69) is 39.4 Å². The van der Waals surface area contributed by atoms with Crippen LogP contribution in [0.1, 0.15) is 19.8 Å². The molecule has 0 radical (unpaired) electrons. The van der Waals surface area contributed by atoms with Crippen LogP contribution in [0.2, 0.25) is 0 Å². The average molecular weight is 395 g/mol. The molecule has 1 saturated carbocycles. The maximum Gasteiger partial charge on any atom is 0.191 e. The third-order valence-corrected chi connectivity index (χ3v) is 3.93. The summed E-state index contributed by atoms with van der Waals surface area (Å²) in [4.78, 5) is 9.25. The Balaban J connectivity index is 0.00000200. The fraction of sp³-hybridized carbons (Fsp3) is 0.929. The number of nitrogens with one attached hydrogen (secondary N) is 2. The zero-order valence-electron chi connectivity index (χ0n) is 13.1. The first kappa shape index (κ1) is 18.0. The van der Waals surface area contributed by atoms with E-state index in [0.29, 0.717) is 12.0 Å². The molecule has 2 rings (SSSR count). The number of hydrogen-bond acceptors (Lipinski definition) is 3. The SMILES string of the molecule is CN=C(NCC(C)CN1CCN(C)CC1)NC1CC1.I. The standard InChI is InChI=1S/C14H29N5.HI/c1-12(11-19-8-6-18(3)7-9-19)10-16-14(15-2)17-13-4-5-13;/h12-13H,4-11H2,1-3H3,(H2,15,16,17);1H. The van der Waals surface area contributed by atoms with Gasteiger partial charge in [-0.1, -0.05) is 6.92 Å². The first-order chi connectivity index (χ1) is 9.17. The topological polar surface area (TPSA) is 42.9 Å². The zero-order valence-corrected chi connectivity index (χ0v) is 15.4. The van der Waals surface area contributed by atoms with Crippen LogP contribution in [0.15, 0.2) is 4.99 Å². The Hall–Kier alpha value is -0.0800. The number of rotatable bonds is 5. The zero-order chi connectivity index (χ0) is 13.7. The molecule has 0 aromatic heterocycles. The highest BCUT2D eigenvalue weighted by molar-refractivity contribution is 14.0. The normalized spacial score (nSPS) is 23.1. The van der Waals surface area contributed by atoms with E-state index in [1.165, 1.54) is 45.6 Å². The van der Waals surface area contributed by atoms with Crippen molar-refractivity contribution < 1.29 is 0 Å². The largest absolute Gasteiger partial charge is 0.356 e. The van der Waals surface area contributed by atoms with Crippen molar-refractivity contribution in [2.45, 2.75) is 25.8 Å². The number of guanidine groups is 1. The van der Waals surface area contributed by atoms with Crippen molar-refractivity contribution in [1.82, 2.24) is 20.4 Å². The number of likely N-dealkylation sites (N-methyl/N-ethyl adjacent to an activating group) is 1. The van der Waals surface area contributed by atoms with Gasteiger partial charge < -0.3 is 20.4 Å². The van der Waals surface area contributed by atoms with Crippen molar-refractivity contribution in [2.75, 3.05) is 53.4 Å². The fourth-order valence-electron chi connectivity index (χ4n) is 2.42. The van der Waals surface area contributed by atoms with Crippen LogP contribution >= 0.6 is 24.0 Å². The van der Waals surface area contributed by atoms with E-state index in [9.17, 15) is 0 Å². The van der Waals surface area contributed by atoms with Gasteiger partial charge in [0.1, 0.15) is 0 Å². The molecule has 0 aromatic rings. The molecule has 0 amide bonds. The molecule has 5 nitrogen and oxygen atoms in total. The van der Waals surface area contributed by atoms with E-state index in [1.807, 2.05) is 7.05 Å². The monoisotopic (exact) mass is 395 g/mol. The summed E-state index contributed by atoms with van der Waals surface area (Å²) in [6.07, 6.45) is 2.58. The van der Waals surface area contributed by atoms with Gasteiger partial charge in [0.2, 0.25) is 0 Å². The van der Waals surface area contributed by atoms with Crippen LogP contribution < -0.4 is 10.6 Å². The molecule has 6 heteroatoms. The highest BCUT2D eigenvalue weighted by Crippen LogP contribution is 2.18. The van der Waals surface area contributed by atoms with Gasteiger partial charge in [0.15, 0.2) is 5.96 Å². The van der Waals surface area contributed by atoms with E-state index >= 15 is 0 Å². The van der Waals surface area contributed by atoms with Crippen LogP contribution in [-0.4, -0.2) is 75.2 Å². The van der Waals surface area contributed by atoms with Crippen molar-refractivity contribution in [1.29, 1.82) is 0 Å². The summed E-state index contributed by atoms with van der Waals surface area (Å²) in [6.45, 7) is 9.30. The summed E-state index contributed by atoms with van der Waals surface area (Å²) in [6, 6.07) is 0.666. The molecule has 20 heavy (non-hydrogen) atoms. The van der Waals surface area contributed by atoms with Gasteiger partial charge in [-0.05, 0) is 25.8 Å². The second-order valence-electron chi connectivity index (χ2n) is 6.08. The van der Waals surface area contributed by atoms with Gasteiger partial charge in [-0.2, -0.15) is 0 Å². The van der Waals surface area contributed by atoms with Crippen LogP contribution in [-0.2, 0) is 0 Å². The number of piperazine rings is 1. The molecule has 2 N–H and O–H groups in total. The lowest BCUT2D eigenvalue weighted by atomic mass is 10.1. The third kappa shape index (κ3) is 6.58. The quantitative estimate of drug-likeness (QED) is 0.411. The molecule has 1 aliphatic carbocycles. The second kappa shape index (κ2) is 9.04. The number of aliphatic imine (C=N–C) groups is 1. The molecule has 2 aliphatic rings. The van der Waals surface area contributed by atoms with E-state index in [1.54, 1.807) is 0 Å². The smallest absolute Gasteiger partial charge is 0.191 e. The molecular weight excluding hydrogens is 365 g/mol. The van der Waals surface area contributed by atoms with Gasteiger partial charge in [-0.25, -0.2) is 0 Å². The van der Waals surface area contributed by atoms with Crippen molar-refractivity contribution in [3.63, 3.8) is 0 Å². The van der Waals surface area contributed by atoms with E-state index in [-0.39, 0.29) is 24.0 Å². The van der Waals surface area contributed by atoms with Crippen LogP contribution in [0, 0.1) is 5.92 Å². The van der Waals surface area contributed by atoms with Gasteiger partial charge in [-0.15, -0.1) is 24.0 Å². The van der Waals surface area contributed by atoms with Gasteiger partial charge in [-0.3, -0.25) is 4.99 Å². The van der Waals surface area contributed by atoms with Crippen molar-refractivity contribution in [2.24, 2.45) is 10.9 Å².